The first-order valence-corrected chi connectivity index (χ1v) is 10.3. The van der Waals surface area contributed by atoms with Gasteiger partial charge in [0.25, 0.3) is 5.91 Å². The highest BCUT2D eigenvalue weighted by Gasteiger charge is 2.71. The Morgan fingerprint density at radius 1 is 1.24 bits per heavy atom. The number of nitrogens with two attached hydrogens (primary N) is 1. The molecule has 7 heteroatoms. The number of nitrogens with zero attached hydrogens (tertiary/aromatic N) is 1. The number of hydrogen-bond acceptors (Lipinski definition) is 4. The maximum Gasteiger partial charge on any atom is 0.409 e. The second-order valence-corrected chi connectivity index (χ2v) is 8.83. The number of ether oxygens (including phenoxy) is 1. The van der Waals surface area contributed by atoms with Crippen LogP contribution in [-0.4, -0.2) is 41.1 Å². The number of primary amides is 1. The molecule has 0 bridgehead atoms. The van der Waals surface area contributed by atoms with Crippen molar-refractivity contribution in [3.05, 3.63) is 35.4 Å². The molecule has 7 nitrogen and oxygen atoms in total. The summed E-state index contributed by atoms with van der Waals surface area (Å²) in [5.74, 6) is -0.975. The number of benzene rings is 1. The van der Waals surface area contributed by atoms with Gasteiger partial charge < -0.3 is 15.4 Å². The van der Waals surface area contributed by atoms with Crippen LogP contribution in [0.15, 0.2) is 24.3 Å². The fourth-order valence-electron chi connectivity index (χ4n) is 4.55. The first-order valence-electron chi connectivity index (χ1n) is 10.3. The second-order valence-electron chi connectivity index (χ2n) is 8.83. The average Bonchev–Trinajstić information content (AvgIpc) is 3.33. The zero-order valence-electron chi connectivity index (χ0n) is 17.7. The van der Waals surface area contributed by atoms with Crippen LogP contribution in [0, 0.1) is 11.3 Å². The van der Waals surface area contributed by atoms with Crippen LogP contribution in [0.4, 0.5) is 4.79 Å². The van der Waals surface area contributed by atoms with Crippen molar-refractivity contribution >= 4 is 17.9 Å². The molecule has 0 radical (unpaired) electrons. The Hall–Kier alpha value is -2.57. The molecule has 0 saturated carbocycles. The van der Waals surface area contributed by atoms with Gasteiger partial charge >= 0.3 is 6.09 Å². The zero-order chi connectivity index (χ0) is 21.4. The van der Waals surface area contributed by atoms with E-state index in [-0.39, 0.29) is 41.0 Å². The molecule has 2 aliphatic rings. The highest BCUT2D eigenvalue weighted by Crippen LogP contribution is 2.54. The Bertz CT molecular complexity index is 822. The first-order chi connectivity index (χ1) is 13.7. The van der Waals surface area contributed by atoms with E-state index in [9.17, 15) is 14.4 Å². The fraction of sp³-hybridized carbons (Fsp3) is 0.591. The van der Waals surface area contributed by atoms with E-state index in [1.807, 2.05) is 13.8 Å². The van der Waals surface area contributed by atoms with Crippen molar-refractivity contribution in [2.24, 2.45) is 17.1 Å². The highest BCUT2D eigenvalue weighted by atomic mass is 16.6. The van der Waals surface area contributed by atoms with Crippen molar-refractivity contribution in [2.75, 3.05) is 6.61 Å². The molecule has 3 atom stereocenters. The van der Waals surface area contributed by atoms with Gasteiger partial charge in [0.15, 0.2) is 0 Å². The van der Waals surface area contributed by atoms with Gasteiger partial charge in [-0.25, -0.2) is 4.79 Å². The van der Waals surface area contributed by atoms with E-state index in [0.717, 1.165) is 25.7 Å². The van der Waals surface area contributed by atoms with Gasteiger partial charge in [-0.3, -0.25) is 14.9 Å². The number of carbonyl (C=O) groups is 3. The number of alkyl carbamates (subject to hydrolysis) is 1. The summed E-state index contributed by atoms with van der Waals surface area (Å²) in [6.07, 6.45) is 3.33. The van der Waals surface area contributed by atoms with Crippen LogP contribution in [0.3, 0.4) is 0 Å². The van der Waals surface area contributed by atoms with Crippen LogP contribution in [0.1, 0.15) is 74.1 Å². The minimum Gasteiger partial charge on any atom is -0.449 e. The van der Waals surface area contributed by atoms with Crippen LogP contribution in [-0.2, 0) is 4.74 Å². The normalized spacial score (nSPS) is 27.7. The lowest BCUT2D eigenvalue weighted by Gasteiger charge is -2.33. The molecule has 0 aromatic heterocycles. The predicted octanol–water partition coefficient (Wildman–Crippen LogP) is 3.29. The summed E-state index contributed by atoms with van der Waals surface area (Å²) >= 11 is 0. The molecule has 2 saturated heterocycles. The molecule has 3 amide bonds. The van der Waals surface area contributed by atoms with Gasteiger partial charge in [0.05, 0.1) is 23.8 Å². The number of unbranched alkanes of at least 4 members (excludes halogenated alkanes) is 2. The smallest absolute Gasteiger partial charge is 0.409 e. The minimum absolute atomic E-state index is 0.0437. The van der Waals surface area contributed by atoms with Crippen molar-refractivity contribution < 1.29 is 19.1 Å². The maximum absolute atomic E-state index is 13.6. The van der Waals surface area contributed by atoms with E-state index in [1.54, 1.807) is 29.2 Å². The van der Waals surface area contributed by atoms with E-state index in [1.165, 1.54) is 0 Å². The summed E-state index contributed by atoms with van der Waals surface area (Å²) in [7, 11) is 0. The molecule has 3 N–H and O–H groups in total. The lowest BCUT2D eigenvalue weighted by atomic mass is 9.74. The van der Waals surface area contributed by atoms with Crippen molar-refractivity contribution in [3.63, 3.8) is 0 Å². The Morgan fingerprint density at radius 2 is 1.90 bits per heavy atom. The molecule has 3 rings (SSSR count). The summed E-state index contributed by atoms with van der Waals surface area (Å²) in [6.45, 7) is 8.54. The number of amides is 3. The molecule has 158 valence electrons. The van der Waals surface area contributed by atoms with E-state index in [0.29, 0.717) is 0 Å². The topological polar surface area (TPSA) is 101 Å². The summed E-state index contributed by atoms with van der Waals surface area (Å²) in [5, 5.41) is 2.99. The van der Waals surface area contributed by atoms with Crippen molar-refractivity contribution in [2.45, 2.75) is 65.1 Å². The number of hydrogen-bond donors (Lipinski definition) is 2. The van der Waals surface area contributed by atoms with Gasteiger partial charge in [0, 0.05) is 11.3 Å². The van der Waals surface area contributed by atoms with Gasteiger partial charge in [-0.2, -0.15) is 0 Å². The maximum atomic E-state index is 13.6. The molecule has 2 heterocycles. The minimum atomic E-state index is -0.827. The van der Waals surface area contributed by atoms with Crippen LogP contribution in [0.2, 0.25) is 0 Å². The molecule has 2 fully saturated rings. The summed E-state index contributed by atoms with van der Waals surface area (Å²) < 4.78 is 5.37. The van der Waals surface area contributed by atoms with Gasteiger partial charge in [0.1, 0.15) is 5.66 Å². The third-order valence-corrected chi connectivity index (χ3v) is 6.58. The van der Waals surface area contributed by atoms with Crippen LogP contribution >= 0.6 is 0 Å². The van der Waals surface area contributed by atoms with Gasteiger partial charge in [-0.05, 0) is 18.6 Å². The van der Waals surface area contributed by atoms with Gasteiger partial charge in [0.2, 0.25) is 5.91 Å². The fourth-order valence-corrected chi connectivity index (χ4v) is 4.55. The third kappa shape index (κ3) is 3.58. The Labute approximate surface area is 172 Å². The quantitative estimate of drug-likeness (QED) is 0.564. The van der Waals surface area contributed by atoms with Crippen LogP contribution < -0.4 is 11.1 Å². The summed E-state index contributed by atoms with van der Waals surface area (Å²) in [4.78, 5) is 39.5. The molecule has 2 aliphatic heterocycles. The summed E-state index contributed by atoms with van der Waals surface area (Å²) in [5.41, 5.74) is 4.80. The molecule has 1 spiro atoms. The molecular weight excluding hydrogens is 370 g/mol. The Kier molecular flexibility index (Phi) is 5.61. The monoisotopic (exact) mass is 401 g/mol. The van der Waals surface area contributed by atoms with E-state index < -0.39 is 17.7 Å². The van der Waals surface area contributed by atoms with Gasteiger partial charge in [-0.15, -0.1) is 0 Å². The van der Waals surface area contributed by atoms with E-state index >= 15 is 0 Å². The molecule has 29 heavy (non-hydrogen) atoms. The van der Waals surface area contributed by atoms with Crippen molar-refractivity contribution in [1.29, 1.82) is 0 Å². The van der Waals surface area contributed by atoms with Crippen LogP contribution in [0.25, 0.3) is 0 Å². The first kappa shape index (κ1) is 21.1. The number of carbonyl (C=O) groups excluding carboxylic acids is 3. The lowest BCUT2D eigenvalue weighted by molar-refractivity contribution is 0.0706. The number of rotatable bonds is 6. The Morgan fingerprint density at radius 3 is 2.52 bits per heavy atom. The van der Waals surface area contributed by atoms with Crippen LogP contribution in [0.5, 0.6) is 0 Å². The molecule has 1 aromatic carbocycles. The third-order valence-electron chi connectivity index (χ3n) is 6.58. The predicted molar refractivity (Wildman–Crippen MR) is 109 cm³/mol. The molecule has 1 aromatic rings. The molecular formula is C22H31N3O4. The SMILES string of the molecule is CCCCC[C@@H]1N(C(=O)c2ccccc2C(N)=O)[C@@]12NC(=O)OCC(C)(C)[C@@H]2C. The number of cyclic esters (lactones) is 1. The van der Waals surface area contributed by atoms with Crippen molar-refractivity contribution in [3.8, 4) is 0 Å². The largest absolute Gasteiger partial charge is 0.449 e. The molecule has 0 aliphatic carbocycles. The molecule has 0 unspecified atom stereocenters. The highest BCUT2D eigenvalue weighted by molar-refractivity contribution is 6.08. The number of nitrogens with one attached hydrogen (secondary N) is 1. The average molecular weight is 402 g/mol. The summed E-state index contributed by atoms with van der Waals surface area (Å²) in [6, 6.07) is 6.41. The lowest BCUT2D eigenvalue weighted by Crippen LogP contribution is -2.49. The van der Waals surface area contributed by atoms with Crippen molar-refractivity contribution in [1.82, 2.24) is 10.2 Å². The van der Waals surface area contributed by atoms with E-state index in [2.05, 4.69) is 19.2 Å². The van der Waals surface area contributed by atoms with Gasteiger partial charge in [-0.1, -0.05) is 59.1 Å². The second kappa shape index (κ2) is 7.69. The standard InChI is InChI=1S/C22H31N3O4/c1-5-6-7-12-17-22(14(2)21(3,4)13-29-20(28)24-22)25(17)19(27)16-11-9-8-10-15(16)18(23)26/h8-11,14,17H,5-7,12-13H2,1-4H3,(H2,23,26)(H,24,28)/t14-,17-,22+,25?/m0/s1. The zero-order valence-corrected chi connectivity index (χ0v) is 17.7. The Balaban J connectivity index is 2.02. The van der Waals surface area contributed by atoms with E-state index in [4.69, 9.17) is 10.5 Å².